The molecule has 0 spiro atoms. The molecule has 1 fully saturated rings. The van der Waals surface area contributed by atoms with Crippen molar-refractivity contribution in [3.8, 4) is 11.4 Å². The third-order valence-corrected chi connectivity index (χ3v) is 4.75. The van der Waals surface area contributed by atoms with E-state index in [1.165, 1.54) is 18.2 Å². The average molecular weight is 383 g/mol. The van der Waals surface area contributed by atoms with E-state index < -0.39 is 5.82 Å². The first-order valence-electron chi connectivity index (χ1n) is 9.02. The number of aromatic amines is 1. The standard InChI is InChI=1S/C19H18FN5O3/c20-14-6-2-1-5-13(14)18-21-17(28-24-18)10-12-4-3-9-25(11-12)19(27)15-7-8-16(26)23-22-15/h1-2,5-8,12H,3-4,9-11H2,(H,23,26)/t12-/m0/s1. The topological polar surface area (TPSA) is 105 Å². The van der Waals surface area contributed by atoms with Crippen LogP contribution in [0.5, 0.6) is 0 Å². The highest BCUT2D eigenvalue weighted by Crippen LogP contribution is 2.24. The van der Waals surface area contributed by atoms with Crippen LogP contribution in [0.15, 0.2) is 45.7 Å². The fraction of sp³-hybridized carbons (Fsp3) is 0.316. The highest BCUT2D eigenvalue weighted by molar-refractivity contribution is 5.92. The number of rotatable bonds is 4. The Morgan fingerprint density at radius 3 is 2.93 bits per heavy atom. The van der Waals surface area contributed by atoms with Crippen molar-refractivity contribution < 1.29 is 13.7 Å². The number of H-pyrrole nitrogens is 1. The minimum Gasteiger partial charge on any atom is -0.339 e. The number of hydrogen-bond donors (Lipinski definition) is 1. The van der Waals surface area contributed by atoms with E-state index in [-0.39, 0.29) is 28.9 Å². The average Bonchev–Trinajstić information content (AvgIpc) is 3.17. The molecule has 1 saturated heterocycles. The van der Waals surface area contributed by atoms with Crippen LogP contribution in [0.25, 0.3) is 11.4 Å². The summed E-state index contributed by atoms with van der Waals surface area (Å²) in [5.41, 5.74) is 0.150. The Kier molecular flexibility index (Phi) is 4.96. The molecule has 1 aliphatic heterocycles. The number of likely N-dealkylation sites (tertiary alicyclic amines) is 1. The van der Waals surface area contributed by atoms with Gasteiger partial charge in [0, 0.05) is 25.6 Å². The second-order valence-electron chi connectivity index (χ2n) is 6.76. The molecule has 3 aromatic rings. The number of benzene rings is 1. The molecular weight excluding hydrogens is 365 g/mol. The predicted octanol–water partition coefficient (Wildman–Crippen LogP) is 2.05. The number of halogens is 1. The fourth-order valence-corrected chi connectivity index (χ4v) is 3.38. The zero-order valence-corrected chi connectivity index (χ0v) is 15.0. The third-order valence-electron chi connectivity index (χ3n) is 4.75. The number of nitrogens with zero attached hydrogens (tertiary/aromatic N) is 4. The van der Waals surface area contributed by atoms with Crippen molar-refractivity contribution in [2.45, 2.75) is 19.3 Å². The lowest BCUT2D eigenvalue weighted by Crippen LogP contribution is -2.41. The summed E-state index contributed by atoms with van der Waals surface area (Å²) in [5, 5.41) is 9.95. The molecule has 1 atom stereocenters. The van der Waals surface area contributed by atoms with Crippen molar-refractivity contribution in [2.75, 3.05) is 13.1 Å². The molecule has 0 aliphatic carbocycles. The number of amides is 1. The first kappa shape index (κ1) is 18.0. The van der Waals surface area contributed by atoms with Crippen molar-refractivity contribution in [3.63, 3.8) is 0 Å². The van der Waals surface area contributed by atoms with Gasteiger partial charge in [-0.25, -0.2) is 9.49 Å². The largest absolute Gasteiger partial charge is 0.339 e. The van der Waals surface area contributed by atoms with E-state index in [0.29, 0.717) is 31.0 Å². The molecule has 28 heavy (non-hydrogen) atoms. The Hall–Kier alpha value is -3.36. The lowest BCUT2D eigenvalue weighted by atomic mass is 9.94. The Balaban J connectivity index is 1.43. The minimum atomic E-state index is -0.405. The number of nitrogens with one attached hydrogen (secondary N) is 1. The van der Waals surface area contributed by atoms with Crippen molar-refractivity contribution in [2.24, 2.45) is 5.92 Å². The van der Waals surface area contributed by atoms with Gasteiger partial charge in [-0.3, -0.25) is 9.59 Å². The minimum absolute atomic E-state index is 0.148. The molecule has 8 nitrogen and oxygen atoms in total. The van der Waals surface area contributed by atoms with E-state index in [9.17, 15) is 14.0 Å². The van der Waals surface area contributed by atoms with Crippen LogP contribution in [-0.4, -0.2) is 44.2 Å². The van der Waals surface area contributed by atoms with Crippen LogP contribution in [0.2, 0.25) is 0 Å². The van der Waals surface area contributed by atoms with E-state index in [2.05, 4.69) is 20.3 Å². The van der Waals surface area contributed by atoms with E-state index in [1.54, 1.807) is 23.1 Å². The van der Waals surface area contributed by atoms with Gasteiger partial charge in [-0.1, -0.05) is 17.3 Å². The maximum absolute atomic E-state index is 13.9. The number of carbonyl (C=O) groups is 1. The summed E-state index contributed by atoms with van der Waals surface area (Å²) in [6, 6.07) is 8.96. The SMILES string of the molecule is O=C(c1ccc(=O)[nH]n1)N1CCC[C@@H](Cc2nc(-c3ccccc3F)no2)C1. The molecule has 1 aromatic carbocycles. The van der Waals surface area contributed by atoms with Gasteiger partial charge in [0.05, 0.1) is 5.56 Å². The molecule has 1 aliphatic rings. The smallest absolute Gasteiger partial charge is 0.274 e. The first-order valence-corrected chi connectivity index (χ1v) is 9.02. The Bertz CT molecular complexity index is 1030. The van der Waals surface area contributed by atoms with E-state index in [1.807, 2.05) is 0 Å². The number of piperidine rings is 1. The summed E-state index contributed by atoms with van der Waals surface area (Å²) in [4.78, 5) is 29.7. The molecule has 4 rings (SSSR count). The van der Waals surface area contributed by atoms with Crippen LogP contribution < -0.4 is 5.56 Å². The van der Waals surface area contributed by atoms with Gasteiger partial charge < -0.3 is 9.42 Å². The van der Waals surface area contributed by atoms with Gasteiger partial charge in [0.2, 0.25) is 11.7 Å². The molecule has 3 heterocycles. The zero-order valence-electron chi connectivity index (χ0n) is 15.0. The molecule has 1 amide bonds. The van der Waals surface area contributed by atoms with Crippen LogP contribution in [0, 0.1) is 11.7 Å². The Morgan fingerprint density at radius 1 is 1.29 bits per heavy atom. The summed E-state index contributed by atoms with van der Waals surface area (Å²) in [7, 11) is 0. The normalized spacial score (nSPS) is 16.9. The summed E-state index contributed by atoms with van der Waals surface area (Å²) in [6.07, 6.45) is 2.26. The predicted molar refractivity (Wildman–Crippen MR) is 96.9 cm³/mol. The number of carbonyl (C=O) groups excluding carboxylic acids is 1. The molecule has 0 saturated carbocycles. The summed E-state index contributed by atoms with van der Waals surface area (Å²) >= 11 is 0. The monoisotopic (exact) mass is 383 g/mol. The Morgan fingerprint density at radius 2 is 2.14 bits per heavy atom. The van der Waals surface area contributed by atoms with E-state index in [0.717, 1.165) is 12.8 Å². The van der Waals surface area contributed by atoms with Gasteiger partial charge in [0.25, 0.3) is 11.5 Å². The molecule has 0 unspecified atom stereocenters. The molecular formula is C19H18FN5O3. The molecule has 2 aromatic heterocycles. The molecule has 1 N–H and O–H groups in total. The van der Waals surface area contributed by atoms with Crippen molar-refractivity contribution in [1.82, 2.24) is 25.2 Å². The van der Waals surface area contributed by atoms with E-state index in [4.69, 9.17) is 4.52 Å². The fourth-order valence-electron chi connectivity index (χ4n) is 3.38. The van der Waals surface area contributed by atoms with Crippen LogP contribution in [0.3, 0.4) is 0 Å². The number of hydrogen-bond acceptors (Lipinski definition) is 6. The second-order valence-corrected chi connectivity index (χ2v) is 6.76. The second kappa shape index (κ2) is 7.71. The van der Waals surface area contributed by atoms with E-state index >= 15 is 0 Å². The maximum Gasteiger partial charge on any atom is 0.274 e. The van der Waals surface area contributed by atoms with Crippen LogP contribution in [0.1, 0.15) is 29.2 Å². The van der Waals surface area contributed by atoms with Gasteiger partial charge in [-0.2, -0.15) is 10.1 Å². The van der Waals surface area contributed by atoms with Gasteiger partial charge in [0.15, 0.2) is 0 Å². The molecule has 0 bridgehead atoms. The number of aromatic nitrogens is 4. The van der Waals surface area contributed by atoms with Gasteiger partial charge >= 0.3 is 0 Å². The maximum atomic E-state index is 13.9. The van der Waals surface area contributed by atoms with Crippen LogP contribution in [-0.2, 0) is 6.42 Å². The highest BCUT2D eigenvalue weighted by atomic mass is 19.1. The highest BCUT2D eigenvalue weighted by Gasteiger charge is 2.27. The molecule has 0 radical (unpaired) electrons. The lowest BCUT2D eigenvalue weighted by molar-refractivity contribution is 0.0661. The summed E-state index contributed by atoms with van der Waals surface area (Å²) in [5.74, 6) is 0.152. The van der Waals surface area contributed by atoms with Gasteiger partial charge in [-0.05, 0) is 37.0 Å². The van der Waals surface area contributed by atoms with Crippen molar-refractivity contribution >= 4 is 5.91 Å². The first-order chi connectivity index (χ1) is 13.6. The molecule has 9 heteroatoms. The quantitative estimate of drug-likeness (QED) is 0.739. The lowest BCUT2D eigenvalue weighted by Gasteiger charge is -2.31. The Labute approximate surface area is 159 Å². The molecule has 144 valence electrons. The van der Waals surface area contributed by atoms with Crippen LogP contribution >= 0.6 is 0 Å². The van der Waals surface area contributed by atoms with Crippen molar-refractivity contribution in [3.05, 3.63) is 64.2 Å². The van der Waals surface area contributed by atoms with Crippen LogP contribution in [0.4, 0.5) is 4.39 Å². The van der Waals surface area contributed by atoms with Crippen molar-refractivity contribution in [1.29, 1.82) is 0 Å². The summed E-state index contributed by atoms with van der Waals surface area (Å²) in [6.45, 7) is 1.15. The third kappa shape index (κ3) is 3.83. The van der Waals surface area contributed by atoms with Gasteiger partial charge in [-0.15, -0.1) is 0 Å². The zero-order chi connectivity index (χ0) is 19.5. The van der Waals surface area contributed by atoms with Gasteiger partial charge in [0.1, 0.15) is 11.5 Å². The summed E-state index contributed by atoms with van der Waals surface area (Å²) < 4.78 is 19.2.